The molecule has 1 N–H and O–H groups in total. The molecule has 0 aromatic carbocycles. The molecule has 4 heteroatoms. The lowest BCUT2D eigenvalue weighted by Gasteiger charge is -2.19. The van der Waals surface area contributed by atoms with Crippen LogP contribution in [0.1, 0.15) is 34.6 Å². The third-order valence-corrected chi connectivity index (χ3v) is 3.20. The van der Waals surface area contributed by atoms with Gasteiger partial charge in [0.15, 0.2) is 0 Å². The van der Waals surface area contributed by atoms with Gasteiger partial charge in [0.05, 0.1) is 24.0 Å². The number of carboxylic acids is 1. The van der Waals surface area contributed by atoms with E-state index in [1.54, 1.807) is 12.1 Å². The minimum absolute atomic E-state index is 0.202. The summed E-state index contributed by atoms with van der Waals surface area (Å²) in [7, 11) is 0. The van der Waals surface area contributed by atoms with Gasteiger partial charge in [-0.1, -0.05) is 6.08 Å². The molecule has 0 bridgehead atoms. The quantitative estimate of drug-likeness (QED) is 0.839. The van der Waals surface area contributed by atoms with E-state index in [1.807, 2.05) is 36.6 Å². The van der Waals surface area contributed by atoms with Gasteiger partial charge in [-0.05, 0) is 37.6 Å². The van der Waals surface area contributed by atoms with Crippen molar-refractivity contribution < 1.29 is 14.6 Å². The Bertz CT molecular complexity index is 628. The van der Waals surface area contributed by atoms with Crippen LogP contribution in [0.5, 0.6) is 0 Å². The SMILES string of the molecule is C=CCOC(C)c1c(C)c(C(=O)O)cc2cccn12. The summed E-state index contributed by atoms with van der Waals surface area (Å²) in [5.74, 6) is -0.918. The van der Waals surface area contributed by atoms with Crippen molar-refractivity contribution in [2.45, 2.75) is 20.0 Å². The van der Waals surface area contributed by atoms with Crippen molar-refractivity contribution in [2.24, 2.45) is 0 Å². The molecule has 2 aromatic heterocycles. The Morgan fingerprint density at radius 1 is 1.63 bits per heavy atom. The standard InChI is InChI=1S/C15H17NO3/c1-4-8-19-11(3)14-10(2)13(15(17)18)9-12-6-5-7-16(12)14/h4-7,9,11H,1,8H2,2-3H3,(H,17,18). The first-order chi connectivity index (χ1) is 9.06. The predicted octanol–water partition coefficient (Wildman–Crippen LogP) is 3.21. The number of rotatable bonds is 5. The van der Waals surface area contributed by atoms with E-state index in [0.29, 0.717) is 12.2 Å². The molecule has 0 amide bonds. The van der Waals surface area contributed by atoms with Crippen molar-refractivity contribution >= 4 is 11.5 Å². The van der Waals surface area contributed by atoms with Gasteiger partial charge >= 0.3 is 5.97 Å². The number of pyridine rings is 1. The number of carboxylic acid groups (broad SMARTS) is 1. The zero-order chi connectivity index (χ0) is 14.0. The van der Waals surface area contributed by atoms with Crippen LogP contribution in [0.4, 0.5) is 0 Å². The first-order valence-corrected chi connectivity index (χ1v) is 6.12. The van der Waals surface area contributed by atoms with E-state index in [0.717, 1.165) is 16.8 Å². The average Bonchev–Trinajstić information content (AvgIpc) is 2.82. The van der Waals surface area contributed by atoms with Crippen LogP contribution in [-0.4, -0.2) is 22.1 Å². The smallest absolute Gasteiger partial charge is 0.336 e. The molecule has 0 saturated heterocycles. The Labute approximate surface area is 111 Å². The summed E-state index contributed by atoms with van der Waals surface area (Å²) >= 11 is 0. The van der Waals surface area contributed by atoms with Gasteiger partial charge in [0, 0.05) is 11.7 Å². The summed E-state index contributed by atoms with van der Waals surface area (Å²) in [5, 5.41) is 9.28. The molecule has 100 valence electrons. The van der Waals surface area contributed by atoms with Crippen molar-refractivity contribution in [3.63, 3.8) is 0 Å². The van der Waals surface area contributed by atoms with E-state index >= 15 is 0 Å². The van der Waals surface area contributed by atoms with Gasteiger partial charge in [0.2, 0.25) is 0 Å². The van der Waals surface area contributed by atoms with Gasteiger partial charge in [0.25, 0.3) is 0 Å². The highest BCUT2D eigenvalue weighted by Gasteiger charge is 2.19. The lowest BCUT2D eigenvalue weighted by atomic mass is 10.0. The van der Waals surface area contributed by atoms with E-state index in [1.165, 1.54) is 0 Å². The summed E-state index contributed by atoms with van der Waals surface area (Å²) in [6.45, 7) is 7.78. The fraction of sp³-hybridized carbons (Fsp3) is 0.267. The number of nitrogens with zero attached hydrogens (tertiary/aromatic N) is 1. The van der Waals surface area contributed by atoms with Crippen LogP contribution in [0.25, 0.3) is 5.52 Å². The lowest BCUT2D eigenvalue weighted by molar-refractivity contribution is 0.0693. The Morgan fingerprint density at radius 3 is 3.00 bits per heavy atom. The first kappa shape index (κ1) is 13.4. The molecule has 0 aliphatic rings. The molecule has 0 aliphatic carbocycles. The molecule has 2 rings (SSSR count). The van der Waals surface area contributed by atoms with Crippen molar-refractivity contribution in [2.75, 3.05) is 6.61 Å². The zero-order valence-corrected chi connectivity index (χ0v) is 11.1. The van der Waals surface area contributed by atoms with E-state index in [-0.39, 0.29) is 6.10 Å². The number of hydrogen-bond donors (Lipinski definition) is 1. The number of aromatic carboxylic acids is 1. The van der Waals surface area contributed by atoms with Crippen LogP contribution in [0.2, 0.25) is 0 Å². The van der Waals surface area contributed by atoms with E-state index in [2.05, 4.69) is 6.58 Å². The van der Waals surface area contributed by atoms with Gasteiger partial charge in [0.1, 0.15) is 0 Å². The van der Waals surface area contributed by atoms with Gasteiger partial charge in [-0.2, -0.15) is 0 Å². The van der Waals surface area contributed by atoms with Crippen LogP contribution in [0.3, 0.4) is 0 Å². The predicted molar refractivity (Wildman–Crippen MR) is 73.7 cm³/mol. The third-order valence-electron chi connectivity index (χ3n) is 3.20. The summed E-state index contributed by atoms with van der Waals surface area (Å²) in [6.07, 6.45) is 3.39. The monoisotopic (exact) mass is 259 g/mol. The molecule has 0 spiro atoms. The Kier molecular flexibility index (Phi) is 3.71. The maximum absolute atomic E-state index is 11.3. The molecule has 19 heavy (non-hydrogen) atoms. The highest BCUT2D eigenvalue weighted by molar-refractivity contribution is 5.91. The second-order valence-corrected chi connectivity index (χ2v) is 4.44. The lowest BCUT2D eigenvalue weighted by Crippen LogP contribution is -2.12. The molecule has 2 heterocycles. The topological polar surface area (TPSA) is 50.9 Å². The van der Waals surface area contributed by atoms with Crippen molar-refractivity contribution in [1.82, 2.24) is 4.40 Å². The molecule has 0 saturated carbocycles. The Hall–Kier alpha value is -2.07. The number of fused-ring (bicyclic) bond motifs is 1. The largest absolute Gasteiger partial charge is 0.478 e. The van der Waals surface area contributed by atoms with Gasteiger partial charge in [-0.15, -0.1) is 6.58 Å². The molecule has 2 aromatic rings. The maximum atomic E-state index is 11.3. The molecular formula is C15H17NO3. The molecule has 1 unspecified atom stereocenters. The molecule has 1 atom stereocenters. The third kappa shape index (κ3) is 2.39. The normalized spacial score (nSPS) is 12.5. The second kappa shape index (κ2) is 5.28. The average molecular weight is 259 g/mol. The van der Waals surface area contributed by atoms with Crippen LogP contribution in [0, 0.1) is 6.92 Å². The van der Waals surface area contributed by atoms with Crippen molar-refractivity contribution in [1.29, 1.82) is 0 Å². The van der Waals surface area contributed by atoms with Crippen LogP contribution < -0.4 is 0 Å². The van der Waals surface area contributed by atoms with E-state index in [9.17, 15) is 9.90 Å². The van der Waals surface area contributed by atoms with Gasteiger partial charge in [-0.25, -0.2) is 4.79 Å². The summed E-state index contributed by atoms with van der Waals surface area (Å²) in [5.41, 5.74) is 2.76. The first-order valence-electron chi connectivity index (χ1n) is 6.12. The molecular weight excluding hydrogens is 242 g/mol. The van der Waals surface area contributed by atoms with Crippen LogP contribution >= 0.6 is 0 Å². The second-order valence-electron chi connectivity index (χ2n) is 4.44. The van der Waals surface area contributed by atoms with E-state index < -0.39 is 5.97 Å². The van der Waals surface area contributed by atoms with Gasteiger partial charge in [-0.3, -0.25) is 0 Å². The minimum atomic E-state index is -0.918. The minimum Gasteiger partial charge on any atom is -0.478 e. The summed E-state index contributed by atoms with van der Waals surface area (Å²) in [6, 6.07) is 5.46. The Balaban J connectivity index is 2.61. The zero-order valence-electron chi connectivity index (χ0n) is 11.1. The van der Waals surface area contributed by atoms with Crippen molar-refractivity contribution in [3.8, 4) is 0 Å². The van der Waals surface area contributed by atoms with Gasteiger partial charge < -0.3 is 14.2 Å². The molecule has 0 radical (unpaired) electrons. The summed E-state index contributed by atoms with van der Waals surface area (Å²) in [4.78, 5) is 11.3. The Morgan fingerprint density at radius 2 is 2.37 bits per heavy atom. The number of aromatic nitrogens is 1. The fourth-order valence-electron chi connectivity index (χ4n) is 2.32. The highest BCUT2D eigenvalue weighted by atomic mass is 16.5. The van der Waals surface area contributed by atoms with Crippen LogP contribution in [-0.2, 0) is 4.74 Å². The highest BCUT2D eigenvalue weighted by Crippen LogP contribution is 2.26. The number of carbonyl (C=O) groups is 1. The van der Waals surface area contributed by atoms with E-state index in [4.69, 9.17) is 4.74 Å². The number of hydrogen-bond acceptors (Lipinski definition) is 2. The van der Waals surface area contributed by atoms with Crippen LogP contribution in [0.15, 0.2) is 37.1 Å². The fourth-order valence-corrected chi connectivity index (χ4v) is 2.32. The molecule has 4 nitrogen and oxygen atoms in total. The van der Waals surface area contributed by atoms with Crippen molar-refractivity contribution in [3.05, 3.63) is 53.9 Å². The number of ether oxygens (including phenoxy) is 1. The summed E-state index contributed by atoms with van der Waals surface area (Å²) < 4.78 is 7.61. The maximum Gasteiger partial charge on any atom is 0.336 e. The molecule has 0 fully saturated rings. The molecule has 0 aliphatic heterocycles.